The summed E-state index contributed by atoms with van der Waals surface area (Å²) in [4.78, 5) is 24.2. The molecule has 3 rings (SSSR count). The lowest BCUT2D eigenvalue weighted by molar-refractivity contribution is -0.126. The van der Waals surface area contributed by atoms with Crippen molar-refractivity contribution in [1.29, 1.82) is 0 Å². The fraction of sp³-hybridized carbons (Fsp3) is 0.438. The van der Waals surface area contributed by atoms with E-state index in [1.165, 1.54) is 6.33 Å². The first-order valence-corrected chi connectivity index (χ1v) is 8.48. The van der Waals surface area contributed by atoms with E-state index in [0.29, 0.717) is 19.0 Å². The highest BCUT2D eigenvalue weighted by atomic mass is 32.1. The number of fused-ring (bicyclic) bond motifs is 1. The highest BCUT2D eigenvalue weighted by molar-refractivity contribution is 7.09. The lowest BCUT2D eigenvalue weighted by Gasteiger charge is -2.32. The van der Waals surface area contributed by atoms with Crippen LogP contribution in [0.2, 0.25) is 0 Å². The molecule has 0 aromatic carbocycles. The molecule has 0 saturated heterocycles. The molecule has 7 heteroatoms. The minimum Gasteiger partial charge on any atom is -0.481 e. The Hall–Kier alpha value is -1.99. The van der Waals surface area contributed by atoms with Crippen LogP contribution in [0.25, 0.3) is 0 Å². The van der Waals surface area contributed by atoms with Gasteiger partial charge in [-0.1, -0.05) is 6.07 Å². The van der Waals surface area contributed by atoms with Crippen LogP contribution in [0.3, 0.4) is 0 Å². The molecule has 3 heterocycles. The van der Waals surface area contributed by atoms with E-state index in [2.05, 4.69) is 20.2 Å². The van der Waals surface area contributed by atoms with Crippen molar-refractivity contribution in [3.8, 4) is 5.88 Å². The van der Waals surface area contributed by atoms with Gasteiger partial charge in [0.15, 0.2) is 0 Å². The largest absolute Gasteiger partial charge is 0.481 e. The molecule has 0 radical (unpaired) electrons. The van der Waals surface area contributed by atoms with Crippen LogP contribution in [-0.4, -0.2) is 40.5 Å². The monoisotopic (exact) mass is 332 g/mol. The predicted molar refractivity (Wildman–Crippen MR) is 88.3 cm³/mol. The lowest BCUT2D eigenvalue weighted by Crippen LogP contribution is -2.47. The average Bonchev–Trinajstić information content (AvgIpc) is 3.11. The van der Waals surface area contributed by atoms with Gasteiger partial charge in [0.1, 0.15) is 6.33 Å². The van der Waals surface area contributed by atoms with Crippen molar-refractivity contribution < 1.29 is 9.53 Å². The van der Waals surface area contributed by atoms with Gasteiger partial charge in [-0.15, -0.1) is 11.3 Å². The molecule has 1 aliphatic rings. The van der Waals surface area contributed by atoms with Crippen molar-refractivity contribution in [2.75, 3.05) is 13.7 Å². The Bertz CT molecular complexity index is 660. The Morgan fingerprint density at radius 3 is 3.13 bits per heavy atom. The maximum atomic E-state index is 12.4. The Kier molecular flexibility index (Phi) is 4.88. The zero-order chi connectivity index (χ0) is 16.2. The molecule has 0 bridgehead atoms. The number of ether oxygens (including phenoxy) is 1. The number of methoxy groups -OCH3 is 1. The predicted octanol–water partition coefficient (Wildman–Crippen LogP) is 1.61. The van der Waals surface area contributed by atoms with Crippen LogP contribution in [0, 0.1) is 0 Å². The van der Waals surface area contributed by atoms with Crippen molar-refractivity contribution in [2.45, 2.75) is 32.5 Å². The van der Waals surface area contributed by atoms with E-state index in [-0.39, 0.29) is 11.9 Å². The van der Waals surface area contributed by atoms with Gasteiger partial charge in [0.25, 0.3) is 0 Å². The Morgan fingerprint density at radius 2 is 2.39 bits per heavy atom. The lowest BCUT2D eigenvalue weighted by atomic mass is 10.0. The van der Waals surface area contributed by atoms with Gasteiger partial charge in [0, 0.05) is 30.0 Å². The summed E-state index contributed by atoms with van der Waals surface area (Å²) in [5, 5.41) is 5.01. The second kappa shape index (κ2) is 7.06. The second-order valence-corrected chi connectivity index (χ2v) is 6.53. The molecular formula is C16H20N4O2S. The molecule has 23 heavy (non-hydrogen) atoms. The van der Waals surface area contributed by atoms with Crippen molar-refractivity contribution in [3.05, 3.63) is 40.0 Å². The van der Waals surface area contributed by atoms with E-state index in [0.717, 1.165) is 29.1 Å². The standard InChI is InChI=1S/C16H20N4O2S/c1-11(15(21)17-8-12-4-3-7-23-12)20-6-5-14-13(9-20)16(22-2)19-10-18-14/h3-4,7,10-11H,5-6,8-9H2,1-2H3,(H,17,21). The van der Waals surface area contributed by atoms with E-state index in [1.54, 1.807) is 18.4 Å². The molecule has 0 spiro atoms. The quantitative estimate of drug-likeness (QED) is 0.901. The average molecular weight is 332 g/mol. The first-order valence-electron chi connectivity index (χ1n) is 7.60. The number of thiophene rings is 1. The molecule has 122 valence electrons. The number of carbonyl (C=O) groups is 1. The molecule has 1 N–H and O–H groups in total. The van der Waals surface area contributed by atoms with Crippen LogP contribution >= 0.6 is 11.3 Å². The molecule has 2 aromatic rings. The number of nitrogens with zero attached hydrogens (tertiary/aromatic N) is 3. The van der Waals surface area contributed by atoms with Gasteiger partial charge in [0.05, 0.1) is 25.4 Å². The fourth-order valence-electron chi connectivity index (χ4n) is 2.74. The van der Waals surface area contributed by atoms with Gasteiger partial charge in [-0.3, -0.25) is 9.69 Å². The molecule has 1 atom stereocenters. The maximum absolute atomic E-state index is 12.4. The number of hydrogen-bond acceptors (Lipinski definition) is 6. The summed E-state index contributed by atoms with van der Waals surface area (Å²) in [6, 6.07) is 3.81. The number of aromatic nitrogens is 2. The van der Waals surface area contributed by atoms with E-state index < -0.39 is 0 Å². The number of hydrogen-bond donors (Lipinski definition) is 1. The van der Waals surface area contributed by atoms with Gasteiger partial charge < -0.3 is 10.1 Å². The van der Waals surface area contributed by atoms with Gasteiger partial charge >= 0.3 is 0 Å². The number of rotatable bonds is 5. The smallest absolute Gasteiger partial charge is 0.237 e. The zero-order valence-electron chi connectivity index (χ0n) is 13.3. The third-order valence-corrected chi connectivity index (χ3v) is 5.01. The topological polar surface area (TPSA) is 67.4 Å². The molecule has 0 fully saturated rings. The minimum atomic E-state index is -0.201. The number of carbonyl (C=O) groups excluding carboxylic acids is 1. The molecular weight excluding hydrogens is 312 g/mol. The van der Waals surface area contributed by atoms with Crippen LogP contribution in [0.15, 0.2) is 23.8 Å². The summed E-state index contributed by atoms with van der Waals surface area (Å²) in [7, 11) is 1.61. The maximum Gasteiger partial charge on any atom is 0.237 e. The van der Waals surface area contributed by atoms with E-state index >= 15 is 0 Å². The Morgan fingerprint density at radius 1 is 1.52 bits per heavy atom. The number of nitrogens with one attached hydrogen (secondary N) is 1. The Balaban J connectivity index is 1.64. The first kappa shape index (κ1) is 15.9. The van der Waals surface area contributed by atoms with Crippen molar-refractivity contribution >= 4 is 17.2 Å². The molecule has 6 nitrogen and oxygen atoms in total. The summed E-state index contributed by atoms with van der Waals surface area (Å²) in [5.74, 6) is 0.642. The van der Waals surface area contributed by atoms with Crippen molar-refractivity contribution in [1.82, 2.24) is 20.2 Å². The van der Waals surface area contributed by atoms with Crippen LogP contribution in [0.1, 0.15) is 23.1 Å². The van der Waals surface area contributed by atoms with Gasteiger partial charge in [-0.2, -0.15) is 0 Å². The van der Waals surface area contributed by atoms with Crippen molar-refractivity contribution in [2.24, 2.45) is 0 Å². The van der Waals surface area contributed by atoms with Crippen LogP contribution in [0.5, 0.6) is 5.88 Å². The molecule has 0 aliphatic carbocycles. The van der Waals surface area contributed by atoms with E-state index in [9.17, 15) is 4.79 Å². The van der Waals surface area contributed by atoms with Crippen LogP contribution < -0.4 is 10.1 Å². The summed E-state index contributed by atoms with van der Waals surface area (Å²) in [5.41, 5.74) is 2.00. The summed E-state index contributed by atoms with van der Waals surface area (Å²) < 4.78 is 5.32. The molecule has 2 aromatic heterocycles. The van der Waals surface area contributed by atoms with E-state index in [1.807, 2.05) is 24.4 Å². The third kappa shape index (κ3) is 3.51. The molecule has 0 saturated carbocycles. The zero-order valence-corrected chi connectivity index (χ0v) is 14.1. The second-order valence-electron chi connectivity index (χ2n) is 5.50. The number of amides is 1. The van der Waals surface area contributed by atoms with Gasteiger partial charge in [0.2, 0.25) is 11.8 Å². The molecule has 1 aliphatic heterocycles. The summed E-state index contributed by atoms with van der Waals surface area (Å²) in [6.45, 7) is 3.95. The molecule has 1 unspecified atom stereocenters. The highest BCUT2D eigenvalue weighted by Crippen LogP contribution is 2.25. The molecule has 1 amide bonds. The Labute approximate surface area is 139 Å². The SMILES string of the molecule is COc1ncnc2c1CN(C(C)C(=O)NCc1cccs1)CC2. The van der Waals surface area contributed by atoms with Gasteiger partial charge in [-0.05, 0) is 18.4 Å². The normalized spacial score (nSPS) is 15.7. The summed E-state index contributed by atoms with van der Waals surface area (Å²) in [6.07, 6.45) is 2.33. The first-order chi connectivity index (χ1) is 11.2. The highest BCUT2D eigenvalue weighted by Gasteiger charge is 2.28. The fourth-order valence-corrected chi connectivity index (χ4v) is 3.39. The third-order valence-electron chi connectivity index (χ3n) is 4.13. The van der Waals surface area contributed by atoms with Gasteiger partial charge in [-0.25, -0.2) is 9.97 Å². The van der Waals surface area contributed by atoms with E-state index in [4.69, 9.17) is 4.74 Å². The van der Waals surface area contributed by atoms with Crippen LogP contribution in [0.4, 0.5) is 0 Å². The van der Waals surface area contributed by atoms with Crippen LogP contribution in [-0.2, 0) is 24.3 Å². The van der Waals surface area contributed by atoms with Crippen molar-refractivity contribution in [3.63, 3.8) is 0 Å². The summed E-state index contributed by atoms with van der Waals surface area (Å²) >= 11 is 1.65. The minimum absolute atomic E-state index is 0.0395.